The molecule has 2 atom stereocenters. The van der Waals surface area contributed by atoms with Crippen molar-refractivity contribution in [3.05, 3.63) is 30.1 Å². The van der Waals surface area contributed by atoms with E-state index < -0.39 is 0 Å². The van der Waals surface area contributed by atoms with Gasteiger partial charge >= 0.3 is 0 Å². The maximum absolute atomic E-state index is 13.1. The molecule has 1 aliphatic rings. The summed E-state index contributed by atoms with van der Waals surface area (Å²) in [4.78, 5) is 0.977. The Morgan fingerprint density at radius 3 is 3.06 bits per heavy atom. The average Bonchev–Trinajstić information content (AvgIpc) is 2.39. The van der Waals surface area contributed by atoms with E-state index in [4.69, 9.17) is 0 Å². The van der Waals surface area contributed by atoms with Crippen LogP contribution in [0, 0.1) is 5.82 Å². The highest BCUT2D eigenvalue weighted by Gasteiger charge is 2.34. The zero-order chi connectivity index (χ0) is 13.0. The van der Waals surface area contributed by atoms with Gasteiger partial charge in [-0.1, -0.05) is 12.5 Å². The van der Waals surface area contributed by atoms with Crippen LogP contribution in [0.15, 0.2) is 29.2 Å². The molecule has 100 valence electrons. The Hall–Kier alpha value is -0.580. The van der Waals surface area contributed by atoms with Crippen molar-refractivity contribution in [1.82, 2.24) is 5.32 Å². The SMILES string of the molecule is CNC1(CO)CCCC(Sc2cccc(F)c2)C1. The number of hydrogen-bond donors (Lipinski definition) is 2. The number of aliphatic hydroxyl groups is 1. The summed E-state index contributed by atoms with van der Waals surface area (Å²) in [5.74, 6) is -0.183. The van der Waals surface area contributed by atoms with E-state index in [1.807, 2.05) is 13.1 Å². The van der Waals surface area contributed by atoms with Gasteiger partial charge < -0.3 is 10.4 Å². The van der Waals surface area contributed by atoms with Gasteiger partial charge in [0.05, 0.1) is 6.61 Å². The molecule has 2 rings (SSSR count). The first-order valence-corrected chi connectivity index (χ1v) is 7.27. The lowest BCUT2D eigenvalue weighted by Crippen LogP contribution is -2.50. The predicted molar refractivity (Wildman–Crippen MR) is 73.4 cm³/mol. The number of benzene rings is 1. The summed E-state index contributed by atoms with van der Waals surface area (Å²) in [6.07, 6.45) is 4.18. The number of halogens is 1. The Balaban J connectivity index is 2.01. The van der Waals surface area contributed by atoms with Gasteiger partial charge in [0, 0.05) is 15.7 Å². The van der Waals surface area contributed by atoms with E-state index in [1.165, 1.54) is 6.07 Å². The van der Waals surface area contributed by atoms with Gasteiger partial charge in [-0.05, 0) is 44.5 Å². The van der Waals surface area contributed by atoms with Crippen molar-refractivity contribution >= 4 is 11.8 Å². The lowest BCUT2D eigenvalue weighted by molar-refractivity contribution is 0.131. The van der Waals surface area contributed by atoms with Gasteiger partial charge in [-0.3, -0.25) is 0 Å². The van der Waals surface area contributed by atoms with Crippen LogP contribution in [0.25, 0.3) is 0 Å². The maximum atomic E-state index is 13.1. The lowest BCUT2D eigenvalue weighted by atomic mass is 9.82. The summed E-state index contributed by atoms with van der Waals surface area (Å²) in [7, 11) is 1.91. The van der Waals surface area contributed by atoms with Gasteiger partial charge in [-0.15, -0.1) is 11.8 Å². The van der Waals surface area contributed by atoms with Crippen molar-refractivity contribution in [2.75, 3.05) is 13.7 Å². The third-order valence-electron chi connectivity index (χ3n) is 3.73. The van der Waals surface area contributed by atoms with Gasteiger partial charge in [0.1, 0.15) is 5.82 Å². The van der Waals surface area contributed by atoms with E-state index in [1.54, 1.807) is 23.9 Å². The molecule has 1 fully saturated rings. The third-order valence-corrected chi connectivity index (χ3v) is 4.99. The maximum Gasteiger partial charge on any atom is 0.124 e. The minimum atomic E-state index is -0.183. The summed E-state index contributed by atoms with van der Waals surface area (Å²) < 4.78 is 13.1. The minimum absolute atomic E-state index is 0.150. The molecule has 4 heteroatoms. The van der Waals surface area contributed by atoms with Gasteiger partial charge in [0.2, 0.25) is 0 Å². The average molecular weight is 269 g/mol. The fourth-order valence-electron chi connectivity index (χ4n) is 2.59. The minimum Gasteiger partial charge on any atom is -0.394 e. The molecule has 1 saturated carbocycles. The summed E-state index contributed by atoms with van der Waals surface area (Å²) in [5, 5.41) is 13.2. The number of nitrogens with one attached hydrogen (secondary N) is 1. The highest BCUT2D eigenvalue weighted by molar-refractivity contribution is 8.00. The number of rotatable bonds is 4. The molecule has 0 amide bonds. The van der Waals surface area contributed by atoms with E-state index >= 15 is 0 Å². The molecule has 0 spiro atoms. The molecule has 18 heavy (non-hydrogen) atoms. The molecule has 1 aromatic rings. The highest BCUT2D eigenvalue weighted by atomic mass is 32.2. The van der Waals surface area contributed by atoms with Crippen LogP contribution in [0.5, 0.6) is 0 Å². The van der Waals surface area contributed by atoms with Gasteiger partial charge in [0.15, 0.2) is 0 Å². The van der Waals surface area contributed by atoms with Gasteiger partial charge in [-0.2, -0.15) is 0 Å². The molecular formula is C14H20FNOS. The zero-order valence-electron chi connectivity index (χ0n) is 10.7. The van der Waals surface area contributed by atoms with E-state index in [-0.39, 0.29) is 18.0 Å². The first-order chi connectivity index (χ1) is 8.67. The first-order valence-electron chi connectivity index (χ1n) is 6.39. The van der Waals surface area contributed by atoms with E-state index in [0.29, 0.717) is 5.25 Å². The zero-order valence-corrected chi connectivity index (χ0v) is 11.5. The Labute approximate surface area is 112 Å². The van der Waals surface area contributed by atoms with Crippen LogP contribution in [0.4, 0.5) is 4.39 Å². The molecular weight excluding hydrogens is 249 g/mol. The van der Waals surface area contributed by atoms with E-state index in [9.17, 15) is 9.50 Å². The fourth-order valence-corrected chi connectivity index (χ4v) is 4.00. The second-order valence-electron chi connectivity index (χ2n) is 4.98. The molecule has 0 saturated heterocycles. The van der Waals surface area contributed by atoms with E-state index in [2.05, 4.69) is 5.32 Å². The number of thioether (sulfide) groups is 1. The van der Waals surface area contributed by atoms with Crippen molar-refractivity contribution < 1.29 is 9.50 Å². The van der Waals surface area contributed by atoms with Gasteiger partial charge in [0.25, 0.3) is 0 Å². The molecule has 2 nitrogen and oxygen atoms in total. The Bertz CT molecular complexity index is 395. The first kappa shape index (κ1) is 13.8. The van der Waals surface area contributed by atoms with Crippen molar-refractivity contribution in [2.45, 2.75) is 41.4 Å². The summed E-state index contributed by atoms with van der Waals surface area (Å²) in [6.45, 7) is 0.170. The Morgan fingerprint density at radius 2 is 2.39 bits per heavy atom. The van der Waals surface area contributed by atoms with Crippen LogP contribution >= 0.6 is 11.8 Å². The molecule has 0 radical (unpaired) electrons. The lowest BCUT2D eigenvalue weighted by Gasteiger charge is -2.39. The normalized spacial score (nSPS) is 28.3. The van der Waals surface area contributed by atoms with Gasteiger partial charge in [-0.25, -0.2) is 4.39 Å². The number of likely N-dealkylation sites (N-methyl/N-ethyl adjacent to an activating group) is 1. The van der Waals surface area contributed by atoms with Crippen LogP contribution in [-0.2, 0) is 0 Å². The van der Waals surface area contributed by atoms with Crippen molar-refractivity contribution in [1.29, 1.82) is 0 Å². The molecule has 2 unspecified atom stereocenters. The number of aliphatic hydroxyl groups excluding tert-OH is 1. The Kier molecular flexibility index (Phi) is 4.65. The van der Waals surface area contributed by atoms with Crippen LogP contribution < -0.4 is 5.32 Å². The van der Waals surface area contributed by atoms with Crippen molar-refractivity contribution in [2.24, 2.45) is 0 Å². The van der Waals surface area contributed by atoms with Crippen LogP contribution in [-0.4, -0.2) is 29.5 Å². The Morgan fingerprint density at radius 1 is 1.56 bits per heavy atom. The molecule has 1 aromatic carbocycles. The monoisotopic (exact) mass is 269 g/mol. The molecule has 0 heterocycles. The molecule has 2 N–H and O–H groups in total. The van der Waals surface area contributed by atoms with Crippen LogP contribution in [0.2, 0.25) is 0 Å². The molecule has 1 aliphatic carbocycles. The van der Waals surface area contributed by atoms with Crippen LogP contribution in [0.3, 0.4) is 0 Å². The summed E-state index contributed by atoms with van der Waals surface area (Å²) in [5.41, 5.74) is -0.150. The van der Waals surface area contributed by atoms with Crippen molar-refractivity contribution in [3.8, 4) is 0 Å². The summed E-state index contributed by atoms with van der Waals surface area (Å²) in [6, 6.07) is 6.75. The fraction of sp³-hybridized carbons (Fsp3) is 0.571. The van der Waals surface area contributed by atoms with Crippen molar-refractivity contribution in [3.63, 3.8) is 0 Å². The molecule has 0 aromatic heterocycles. The number of hydrogen-bond acceptors (Lipinski definition) is 3. The van der Waals surface area contributed by atoms with Crippen LogP contribution in [0.1, 0.15) is 25.7 Å². The quantitative estimate of drug-likeness (QED) is 0.881. The second-order valence-corrected chi connectivity index (χ2v) is 6.36. The molecule has 0 aliphatic heterocycles. The van der Waals surface area contributed by atoms with E-state index in [0.717, 1.165) is 30.6 Å². The third kappa shape index (κ3) is 3.25. The second kappa shape index (κ2) is 6.04. The predicted octanol–water partition coefficient (Wildman–Crippen LogP) is 2.81. The smallest absolute Gasteiger partial charge is 0.124 e. The topological polar surface area (TPSA) is 32.3 Å². The summed E-state index contributed by atoms with van der Waals surface area (Å²) >= 11 is 1.72. The largest absolute Gasteiger partial charge is 0.394 e. The molecule has 0 bridgehead atoms. The standard InChI is InChI=1S/C14H20FNOS/c1-16-14(10-17)7-3-6-13(9-14)18-12-5-2-4-11(15)8-12/h2,4-5,8,13,16-17H,3,6-7,9-10H2,1H3. The highest BCUT2D eigenvalue weighted by Crippen LogP contribution is 2.38.